The molecule has 4 fully saturated rings. The van der Waals surface area contributed by atoms with Crippen molar-refractivity contribution in [3.8, 4) is 0 Å². The van der Waals surface area contributed by atoms with Crippen molar-refractivity contribution >= 4 is 40.1 Å². The summed E-state index contributed by atoms with van der Waals surface area (Å²) < 4.78 is 44.1. The maximum Gasteiger partial charge on any atom is 0.410 e. The van der Waals surface area contributed by atoms with Crippen molar-refractivity contribution < 1.29 is 47.6 Å². The molecule has 8 atom stereocenters. The van der Waals surface area contributed by atoms with E-state index in [1.807, 2.05) is 66.9 Å². The number of amides is 3. The minimum atomic E-state index is -0.973. The summed E-state index contributed by atoms with van der Waals surface area (Å²) in [6.45, 7) is 6.73. The number of rotatable bonds is 6. The topological polar surface area (TPSA) is 173 Å². The number of aromatic nitrogens is 2. The number of fused-ring (bicyclic) bond motifs is 4. The maximum absolute atomic E-state index is 13.8. The SMILES string of the molecule is CC(C)(C)OC(=O)N1C[C@@H](O)[C@@H]2[C@H]1[C@@H](c1c[nH]c3cc(F)ccc13)CN2C(=O)OCc1ccccc1.O=C(OCc1ccccc1)N1C[C@H](c2c[nH]c3cc(F)ccc23)[C@H]2NC[C@@H](O)[C@H]21. The highest BCUT2D eigenvalue weighted by atomic mass is 19.1. The van der Waals surface area contributed by atoms with Gasteiger partial charge in [-0.3, -0.25) is 9.80 Å². The number of carbonyl (C=O) groups excluding carboxylic acids is 3. The van der Waals surface area contributed by atoms with Crippen LogP contribution in [0.5, 0.6) is 0 Å². The number of hydrogen-bond acceptors (Lipinski definition) is 9. The minimum absolute atomic E-state index is 0.0272. The van der Waals surface area contributed by atoms with Gasteiger partial charge in [0.05, 0.1) is 36.9 Å². The molecular formula is C49H52F2N6O8. The zero-order chi connectivity index (χ0) is 45.6. The lowest BCUT2D eigenvalue weighted by Gasteiger charge is -2.30. The van der Waals surface area contributed by atoms with Crippen LogP contribution >= 0.6 is 0 Å². The maximum atomic E-state index is 13.8. The van der Waals surface area contributed by atoms with Crippen LogP contribution in [0.1, 0.15) is 54.9 Å². The van der Waals surface area contributed by atoms with Gasteiger partial charge < -0.3 is 44.6 Å². The van der Waals surface area contributed by atoms with E-state index >= 15 is 0 Å². The number of β-amino-alcohol motifs (C(OH)–C–C–N with tert-alkyl or cyclic N) is 2. The van der Waals surface area contributed by atoms with Crippen LogP contribution in [0.3, 0.4) is 0 Å². The Morgan fingerprint density at radius 1 is 0.631 bits per heavy atom. The molecule has 0 aliphatic carbocycles. The van der Waals surface area contributed by atoms with E-state index in [-0.39, 0.29) is 61.9 Å². The van der Waals surface area contributed by atoms with E-state index in [0.29, 0.717) is 18.6 Å². The summed E-state index contributed by atoms with van der Waals surface area (Å²) in [6.07, 6.45) is 0.479. The van der Waals surface area contributed by atoms with Crippen molar-refractivity contribution in [1.29, 1.82) is 0 Å². The molecule has 4 aliphatic heterocycles. The molecule has 5 N–H and O–H groups in total. The van der Waals surface area contributed by atoms with E-state index in [1.54, 1.807) is 44.0 Å². The van der Waals surface area contributed by atoms with Crippen LogP contribution in [0, 0.1) is 11.6 Å². The van der Waals surface area contributed by atoms with Crippen molar-refractivity contribution in [2.45, 2.75) is 87.8 Å². The lowest BCUT2D eigenvalue weighted by molar-refractivity contribution is 0.0197. The van der Waals surface area contributed by atoms with Gasteiger partial charge in [-0.1, -0.05) is 60.7 Å². The van der Waals surface area contributed by atoms with E-state index in [4.69, 9.17) is 14.2 Å². The second-order valence-corrected chi connectivity index (χ2v) is 18.1. The fraction of sp³-hybridized carbons (Fsp3) is 0.367. The number of aromatic amines is 2. The Morgan fingerprint density at radius 2 is 1.12 bits per heavy atom. The Morgan fingerprint density at radius 3 is 1.66 bits per heavy atom. The zero-order valence-corrected chi connectivity index (χ0v) is 36.2. The van der Waals surface area contributed by atoms with Gasteiger partial charge in [0.1, 0.15) is 30.4 Å². The Labute approximate surface area is 374 Å². The van der Waals surface area contributed by atoms with Crippen LogP contribution in [-0.4, -0.2) is 121 Å². The third-order valence-electron chi connectivity index (χ3n) is 12.8. The minimum Gasteiger partial charge on any atom is -0.445 e. The molecule has 10 rings (SSSR count). The molecule has 0 bridgehead atoms. The molecule has 0 unspecified atom stereocenters. The predicted molar refractivity (Wildman–Crippen MR) is 237 cm³/mol. The number of hydrogen-bond donors (Lipinski definition) is 5. The quantitative estimate of drug-likeness (QED) is 0.109. The molecule has 4 aromatic carbocycles. The molecule has 0 spiro atoms. The van der Waals surface area contributed by atoms with Crippen LogP contribution in [-0.2, 0) is 27.4 Å². The first kappa shape index (κ1) is 43.7. The third-order valence-corrected chi connectivity index (χ3v) is 12.8. The standard InChI is InChI=1S/C27H30FN3O5.C22H22FN3O3/c1-27(2,3)36-26(34)31-14-22(32)24-23(31)20(19-12-29-21-11-17(28)9-10-18(19)21)13-30(24)25(33)35-15-16-7-5-4-6-8-16;23-14-6-7-15-16(9-24-18(15)8-14)17-11-26(21-19(27)10-25-20(17)21)22(28)29-12-13-4-2-1-3-5-13/h4-12,20,22-24,29,32H,13-15H2,1-3H3;1-9,17,19-21,24-25,27H,10-12H2/t20-,22-,23-,24-;17-,19-,20-,21-/m11/s1. The summed E-state index contributed by atoms with van der Waals surface area (Å²) >= 11 is 0. The van der Waals surface area contributed by atoms with Crippen LogP contribution in [0.2, 0.25) is 0 Å². The van der Waals surface area contributed by atoms with E-state index in [1.165, 1.54) is 34.1 Å². The lowest BCUT2D eigenvalue weighted by Crippen LogP contribution is -2.46. The fourth-order valence-electron chi connectivity index (χ4n) is 10.0. The highest BCUT2D eigenvalue weighted by Gasteiger charge is 2.58. The Balaban J connectivity index is 0.000000168. The van der Waals surface area contributed by atoms with Gasteiger partial charge in [-0.2, -0.15) is 0 Å². The summed E-state index contributed by atoms with van der Waals surface area (Å²) in [4.78, 5) is 50.1. The van der Waals surface area contributed by atoms with E-state index < -0.39 is 48.2 Å². The van der Waals surface area contributed by atoms with E-state index in [0.717, 1.165) is 38.5 Å². The molecule has 65 heavy (non-hydrogen) atoms. The largest absolute Gasteiger partial charge is 0.445 e. The highest BCUT2D eigenvalue weighted by molar-refractivity contribution is 5.85. The van der Waals surface area contributed by atoms with Crippen LogP contribution in [0.25, 0.3) is 21.8 Å². The molecule has 340 valence electrons. The zero-order valence-electron chi connectivity index (χ0n) is 36.2. The summed E-state index contributed by atoms with van der Waals surface area (Å²) in [5.74, 6) is -1.03. The van der Waals surface area contributed by atoms with Crippen molar-refractivity contribution in [2.75, 3.05) is 26.2 Å². The molecule has 0 radical (unpaired) electrons. The van der Waals surface area contributed by atoms with Crippen molar-refractivity contribution in [2.24, 2.45) is 0 Å². The number of ether oxygens (including phenoxy) is 3. The normalized spacial score (nSPS) is 24.8. The van der Waals surface area contributed by atoms with Gasteiger partial charge in [-0.05, 0) is 79.4 Å². The van der Waals surface area contributed by atoms with Gasteiger partial charge in [0.2, 0.25) is 0 Å². The highest BCUT2D eigenvalue weighted by Crippen LogP contribution is 2.44. The number of nitrogens with one attached hydrogen (secondary N) is 3. The number of benzene rings is 4. The molecule has 2 aromatic heterocycles. The molecule has 6 heterocycles. The number of H-pyrrole nitrogens is 2. The van der Waals surface area contributed by atoms with Crippen LogP contribution in [0.15, 0.2) is 109 Å². The van der Waals surface area contributed by atoms with Gasteiger partial charge in [-0.25, -0.2) is 23.2 Å². The van der Waals surface area contributed by atoms with Crippen molar-refractivity contribution in [3.63, 3.8) is 0 Å². The number of aliphatic hydroxyl groups excluding tert-OH is 2. The molecule has 4 saturated heterocycles. The first-order valence-electron chi connectivity index (χ1n) is 21.8. The molecule has 0 saturated carbocycles. The average Bonchev–Trinajstić information content (AvgIpc) is 4.15. The number of nitrogens with zero attached hydrogens (tertiary/aromatic N) is 3. The Kier molecular flexibility index (Phi) is 12.0. The lowest BCUT2D eigenvalue weighted by atomic mass is 9.91. The van der Waals surface area contributed by atoms with E-state index in [9.17, 15) is 33.4 Å². The van der Waals surface area contributed by atoms with Gasteiger partial charge in [-0.15, -0.1) is 0 Å². The third kappa shape index (κ3) is 8.85. The molecule has 16 heteroatoms. The number of carbonyl (C=O) groups is 3. The van der Waals surface area contributed by atoms with E-state index in [2.05, 4.69) is 15.3 Å². The van der Waals surface area contributed by atoms with Crippen molar-refractivity contribution in [3.05, 3.63) is 143 Å². The molecule has 4 aliphatic rings. The summed E-state index contributed by atoms with van der Waals surface area (Å²) in [5.41, 5.74) is 4.22. The van der Waals surface area contributed by atoms with Crippen LogP contribution in [0.4, 0.5) is 23.2 Å². The predicted octanol–water partition coefficient (Wildman–Crippen LogP) is 7.14. The molecule has 14 nitrogen and oxygen atoms in total. The van der Waals surface area contributed by atoms with Gasteiger partial charge in [0.15, 0.2) is 0 Å². The summed E-state index contributed by atoms with van der Waals surface area (Å²) in [5, 5.41) is 26.6. The number of halogens is 2. The second-order valence-electron chi connectivity index (χ2n) is 18.1. The summed E-state index contributed by atoms with van der Waals surface area (Å²) in [7, 11) is 0. The van der Waals surface area contributed by atoms with Gasteiger partial charge >= 0.3 is 18.3 Å². The Bertz CT molecular complexity index is 2670. The first-order chi connectivity index (χ1) is 31.2. The molecule has 6 aromatic rings. The van der Waals surface area contributed by atoms with Gasteiger partial charge in [0.25, 0.3) is 0 Å². The first-order valence-corrected chi connectivity index (χ1v) is 21.8. The number of likely N-dealkylation sites (tertiary alicyclic amines) is 3. The van der Waals surface area contributed by atoms with Gasteiger partial charge in [0, 0.05) is 71.7 Å². The molecular weight excluding hydrogens is 839 g/mol. The second kappa shape index (κ2) is 17.8. The number of aliphatic hydroxyl groups is 2. The van der Waals surface area contributed by atoms with Crippen molar-refractivity contribution in [1.82, 2.24) is 30.0 Å². The Hall–Kier alpha value is -6.49. The average molecular weight is 891 g/mol. The molecule has 3 amide bonds. The smallest absolute Gasteiger partial charge is 0.410 e. The monoisotopic (exact) mass is 890 g/mol. The fourth-order valence-corrected chi connectivity index (χ4v) is 10.0. The van der Waals surface area contributed by atoms with Crippen LogP contribution < -0.4 is 5.32 Å². The summed E-state index contributed by atoms with van der Waals surface area (Å²) in [6, 6.07) is 26.3.